The standard InChI is InChI=1S/2C24H48O2.Zn/c2*1-2-3-4-5-6-7-8-9-10-11-12-13-14-15-16-17-18-19-20-21-22-23-24(25)26;/h2*2-23H2,1H3,(H,25,26);. The molecule has 0 aromatic carbocycles. The first kappa shape index (κ1) is 56.9. The van der Waals surface area contributed by atoms with E-state index in [1.54, 1.807) is 0 Å². The minimum atomic E-state index is -0.650. The number of carboxylic acids is 2. The molecule has 0 aromatic heterocycles. The van der Waals surface area contributed by atoms with Gasteiger partial charge in [0.25, 0.3) is 0 Å². The summed E-state index contributed by atoms with van der Waals surface area (Å²) in [5.74, 6) is -1.30. The zero-order valence-corrected chi connectivity index (χ0v) is 39.5. The van der Waals surface area contributed by atoms with Crippen molar-refractivity contribution < 1.29 is 39.3 Å². The van der Waals surface area contributed by atoms with Crippen molar-refractivity contribution in [2.45, 2.75) is 296 Å². The second-order valence-electron chi connectivity index (χ2n) is 16.4. The molecule has 0 fully saturated rings. The summed E-state index contributed by atoms with van der Waals surface area (Å²) in [5.41, 5.74) is 0. The van der Waals surface area contributed by atoms with Crippen molar-refractivity contribution in [3.8, 4) is 0 Å². The second kappa shape index (κ2) is 53.7. The summed E-state index contributed by atoms with van der Waals surface area (Å²) in [6.45, 7) is 4.57. The van der Waals surface area contributed by atoms with Crippen LogP contribution in [0.25, 0.3) is 0 Å². The van der Waals surface area contributed by atoms with Gasteiger partial charge in [-0.1, -0.05) is 271 Å². The fourth-order valence-electron chi connectivity index (χ4n) is 7.42. The molecule has 0 aliphatic heterocycles. The van der Waals surface area contributed by atoms with E-state index >= 15 is 0 Å². The summed E-state index contributed by atoms with van der Waals surface area (Å²) in [6, 6.07) is 0. The van der Waals surface area contributed by atoms with Gasteiger partial charge in [-0.05, 0) is 12.8 Å². The van der Waals surface area contributed by atoms with Gasteiger partial charge in [0.05, 0.1) is 0 Å². The third-order valence-corrected chi connectivity index (χ3v) is 11.0. The SMILES string of the molecule is CCCCCCCCCCCCCCCCCCCCCCCC(=O)O.CCCCCCCCCCCCCCCCCCCCCCCC(=O)O.[Zn]. The zero-order valence-electron chi connectivity index (χ0n) is 36.5. The molecule has 0 aliphatic rings. The molecular formula is C48H96O4Zn. The van der Waals surface area contributed by atoms with Crippen molar-refractivity contribution in [3.63, 3.8) is 0 Å². The number of aliphatic carboxylic acids is 2. The van der Waals surface area contributed by atoms with Crippen molar-refractivity contribution in [1.82, 2.24) is 0 Å². The van der Waals surface area contributed by atoms with Gasteiger partial charge in [-0.2, -0.15) is 0 Å². The van der Waals surface area contributed by atoms with Crippen LogP contribution in [0, 0.1) is 0 Å². The van der Waals surface area contributed by atoms with Crippen molar-refractivity contribution in [2.75, 3.05) is 0 Å². The number of carboxylic acid groups (broad SMARTS) is 2. The van der Waals surface area contributed by atoms with Crippen LogP contribution in [-0.2, 0) is 29.1 Å². The van der Waals surface area contributed by atoms with Gasteiger partial charge in [-0.25, -0.2) is 0 Å². The van der Waals surface area contributed by atoms with Gasteiger partial charge in [0, 0.05) is 32.3 Å². The number of carbonyl (C=O) groups is 2. The van der Waals surface area contributed by atoms with Crippen LogP contribution in [0.15, 0.2) is 0 Å². The molecule has 0 heterocycles. The van der Waals surface area contributed by atoms with Gasteiger partial charge in [-0.15, -0.1) is 0 Å². The molecule has 0 rings (SSSR count). The quantitative estimate of drug-likeness (QED) is 0.0475. The van der Waals surface area contributed by atoms with Gasteiger partial charge in [-0.3, -0.25) is 9.59 Å². The van der Waals surface area contributed by atoms with Crippen LogP contribution < -0.4 is 0 Å². The Morgan fingerprint density at radius 3 is 0.472 bits per heavy atom. The third-order valence-electron chi connectivity index (χ3n) is 11.0. The molecule has 2 N–H and O–H groups in total. The van der Waals surface area contributed by atoms with Crippen molar-refractivity contribution >= 4 is 11.9 Å². The molecule has 0 bridgehead atoms. The maximum atomic E-state index is 10.4. The molecule has 0 aromatic rings. The molecule has 0 atom stereocenters. The number of hydrogen-bond donors (Lipinski definition) is 2. The fraction of sp³-hybridized carbons (Fsp3) is 0.958. The van der Waals surface area contributed by atoms with Crippen LogP contribution in [0.1, 0.15) is 296 Å². The van der Waals surface area contributed by atoms with Crippen LogP contribution in [0.2, 0.25) is 0 Å². The van der Waals surface area contributed by atoms with Gasteiger partial charge in [0.2, 0.25) is 0 Å². The number of hydrogen-bond acceptors (Lipinski definition) is 2. The minimum Gasteiger partial charge on any atom is -0.481 e. The Balaban J connectivity index is -0.000000926. The first-order valence-corrected chi connectivity index (χ1v) is 24.0. The number of unbranched alkanes of at least 4 members (excludes halogenated alkanes) is 40. The summed E-state index contributed by atoms with van der Waals surface area (Å²) in [7, 11) is 0. The van der Waals surface area contributed by atoms with Gasteiger partial charge >= 0.3 is 11.9 Å². The molecule has 0 aliphatic carbocycles. The Labute approximate surface area is 346 Å². The molecule has 0 saturated carbocycles. The van der Waals surface area contributed by atoms with Crippen LogP contribution in [-0.4, -0.2) is 22.2 Å². The van der Waals surface area contributed by atoms with Crippen molar-refractivity contribution in [3.05, 3.63) is 0 Å². The average Bonchev–Trinajstić information content (AvgIpc) is 3.13. The minimum absolute atomic E-state index is 0. The van der Waals surface area contributed by atoms with E-state index in [2.05, 4.69) is 13.8 Å². The maximum absolute atomic E-state index is 10.4. The molecule has 53 heavy (non-hydrogen) atoms. The summed E-state index contributed by atoms with van der Waals surface area (Å²) < 4.78 is 0. The first-order valence-electron chi connectivity index (χ1n) is 24.0. The predicted octanol–water partition coefficient (Wildman–Crippen LogP) is 17.3. The van der Waals surface area contributed by atoms with Crippen molar-refractivity contribution in [2.24, 2.45) is 0 Å². The fourth-order valence-corrected chi connectivity index (χ4v) is 7.42. The second-order valence-corrected chi connectivity index (χ2v) is 16.4. The largest absolute Gasteiger partial charge is 0.481 e. The molecule has 0 amide bonds. The first-order chi connectivity index (χ1) is 25.5. The van der Waals surface area contributed by atoms with Crippen LogP contribution in [0.4, 0.5) is 0 Å². The van der Waals surface area contributed by atoms with E-state index in [1.807, 2.05) is 0 Å². The summed E-state index contributed by atoms with van der Waals surface area (Å²) in [5, 5.41) is 17.1. The van der Waals surface area contributed by atoms with E-state index in [0.29, 0.717) is 12.8 Å². The molecule has 0 radical (unpaired) electrons. The molecular weight excluding hydrogens is 706 g/mol. The number of rotatable bonds is 44. The summed E-state index contributed by atoms with van der Waals surface area (Å²) in [4.78, 5) is 20.8. The molecule has 0 spiro atoms. The molecule has 4 nitrogen and oxygen atoms in total. The van der Waals surface area contributed by atoms with E-state index < -0.39 is 11.9 Å². The van der Waals surface area contributed by atoms with Crippen LogP contribution in [0.5, 0.6) is 0 Å². The van der Waals surface area contributed by atoms with Crippen LogP contribution >= 0.6 is 0 Å². The Bertz CT molecular complexity index is 614. The summed E-state index contributed by atoms with van der Waals surface area (Å²) >= 11 is 0. The molecule has 314 valence electrons. The smallest absolute Gasteiger partial charge is 0.303 e. The van der Waals surface area contributed by atoms with Crippen molar-refractivity contribution in [1.29, 1.82) is 0 Å². The predicted molar refractivity (Wildman–Crippen MR) is 230 cm³/mol. The summed E-state index contributed by atoms with van der Waals surface area (Å²) in [6.07, 6.45) is 58.1. The monoisotopic (exact) mass is 801 g/mol. The van der Waals surface area contributed by atoms with E-state index in [0.717, 1.165) is 25.7 Å². The maximum Gasteiger partial charge on any atom is 0.303 e. The van der Waals surface area contributed by atoms with E-state index in [1.165, 1.54) is 244 Å². The van der Waals surface area contributed by atoms with E-state index in [9.17, 15) is 9.59 Å². The normalized spacial score (nSPS) is 10.9. The van der Waals surface area contributed by atoms with Gasteiger partial charge < -0.3 is 10.2 Å². The zero-order chi connectivity index (χ0) is 38.3. The molecule has 5 heteroatoms. The Morgan fingerprint density at radius 2 is 0.358 bits per heavy atom. The van der Waals surface area contributed by atoms with Gasteiger partial charge in [0.1, 0.15) is 0 Å². The Kier molecular flexibility index (Phi) is 57.6. The average molecular weight is 803 g/mol. The topological polar surface area (TPSA) is 74.6 Å². The third kappa shape index (κ3) is 61.0. The van der Waals surface area contributed by atoms with E-state index in [-0.39, 0.29) is 19.5 Å². The van der Waals surface area contributed by atoms with Gasteiger partial charge in [0.15, 0.2) is 0 Å². The van der Waals surface area contributed by atoms with E-state index in [4.69, 9.17) is 10.2 Å². The molecule has 0 unspecified atom stereocenters. The van der Waals surface area contributed by atoms with Crippen LogP contribution in [0.3, 0.4) is 0 Å². The Hall–Kier alpha value is -0.437. The molecule has 0 saturated heterocycles. The Morgan fingerprint density at radius 1 is 0.245 bits per heavy atom.